The van der Waals surface area contributed by atoms with Gasteiger partial charge >= 0.3 is 0 Å². The summed E-state index contributed by atoms with van der Waals surface area (Å²) < 4.78 is 5.20. The minimum atomic E-state index is -0.417. The average Bonchev–Trinajstić information content (AvgIpc) is 2.72. The monoisotopic (exact) mass is 437 g/mol. The molecule has 0 spiro atoms. The minimum absolute atomic E-state index is 0.00946. The highest BCUT2D eigenvalue weighted by molar-refractivity contribution is 6.46. The zero-order valence-electron chi connectivity index (χ0n) is 16.2. The number of oxime groups is 2. The summed E-state index contributed by atoms with van der Waals surface area (Å²) in [5.74, 6) is -0.417. The highest BCUT2D eigenvalue weighted by Gasteiger charge is 2.20. The van der Waals surface area contributed by atoms with E-state index in [1.165, 1.54) is 14.2 Å². The molecule has 154 valence electrons. The minimum Gasteiger partial charge on any atom is -0.398 e. The first-order valence-corrected chi connectivity index (χ1v) is 9.32. The Morgan fingerprint density at radius 3 is 2.41 bits per heavy atom. The molecule has 0 aromatic heterocycles. The van der Waals surface area contributed by atoms with Crippen LogP contribution in [0.2, 0.25) is 10.0 Å². The van der Waals surface area contributed by atoms with Crippen LogP contribution in [-0.4, -0.2) is 45.2 Å². The molecular formula is C20H21Cl2N3O4. The number of nitrogens with zero attached hydrogens (tertiary/aromatic N) is 2. The van der Waals surface area contributed by atoms with Gasteiger partial charge in [0.25, 0.3) is 5.91 Å². The largest absolute Gasteiger partial charge is 0.398 e. The molecule has 29 heavy (non-hydrogen) atoms. The van der Waals surface area contributed by atoms with E-state index in [4.69, 9.17) is 37.6 Å². The van der Waals surface area contributed by atoms with E-state index in [1.54, 1.807) is 37.4 Å². The van der Waals surface area contributed by atoms with E-state index in [9.17, 15) is 4.79 Å². The lowest BCUT2D eigenvalue weighted by atomic mass is 10.0. The highest BCUT2D eigenvalue weighted by atomic mass is 35.5. The Hall–Kier alpha value is -2.61. The van der Waals surface area contributed by atoms with Crippen LogP contribution >= 0.6 is 23.2 Å². The third-order valence-electron chi connectivity index (χ3n) is 3.84. The first kappa shape index (κ1) is 22.7. The topological polar surface area (TPSA) is 81.5 Å². The normalized spacial score (nSPS) is 11.9. The number of benzene rings is 2. The van der Waals surface area contributed by atoms with Crippen molar-refractivity contribution >= 4 is 40.5 Å². The smallest absolute Gasteiger partial charge is 0.273 e. The summed E-state index contributed by atoms with van der Waals surface area (Å²) in [5.41, 5.74) is 2.49. The fourth-order valence-electron chi connectivity index (χ4n) is 2.47. The van der Waals surface area contributed by atoms with Crippen LogP contribution in [-0.2, 0) is 25.8 Å². The van der Waals surface area contributed by atoms with Gasteiger partial charge in [0.05, 0.1) is 6.61 Å². The van der Waals surface area contributed by atoms with Crippen LogP contribution < -0.4 is 5.32 Å². The molecule has 0 aliphatic rings. The van der Waals surface area contributed by atoms with E-state index < -0.39 is 5.91 Å². The van der Waals surface area contributed by atoms with E-state index in [0.29, 0.717) is 26.9 Å². The molecule has 0 aliphatic heterocycles. The van der Waals surface area contributed by atoms with Crippen LogP contribution in [0.1, 0.15) is 16.7 Å². The summed E-state index contributed by atoms with van der Waals surface area (Å²) in [6.07, 6.45) is 0. The molecule has 0 saturated carbocycles. The number of halogens is 2. The number of rotatable bonds is 9. The van der Waals surface area contributed by atoms with Gasteiger partial charge in [-0.05, 0) is 18.2 Å². The van der Waals surface area contributed by atoms with Crippen LogP contribution in [0.4, 0.5) is 0 Å². The standard InChI is InChI=1S/C20H21Cl2N3O4/c1-23-20(26)19(25-28-3)15-5-4-6-17(22)16(15)11-29-24-18(12-27-2)13-7-9-14(21)10-8-13/h4-10H,11-12H2,1-3H3,(H,23,26)/b24-18+,25-19+. The Kier molecular flexibility index (Phi) is 8.92. The number of ether oxygens (including phenoxy) is 1. The fraction of sp³-hybridized carbons (Fsp3) is 0.250. The van der Waals surface area contributed by atoms with Crippen LogP contribution in [0, 0.1) is 0 Å². The van der Waals surface area contributed by atoms with Gasteiger partial charge in [0.1, 0.15) is 19.4 Å². The van der Waals surface area contributed by atoms with Crippen LogP contribution in [0.15, 0.2) is 52.8 Å². The molecular weight excluding hydrogens is 417 g/mol. The first-order valence-electron chi connectivity index (χ1n) is 8.56. The summed E-state index contributed by atoms with van der Waals surface area (Å²) in [4.78, 5) is 22.5. The summed E-state index contributed by atoms with van der Waals surface area (Å²) in [7, 11) is 4.42. The van der Waals surface area contributed by atoms with Gasteiger partial charge in [-0.25, -0.2) is 0 Å². The van der Waals surface area contributed by atoms with E-state index in [2.05, 4.69) is 15.6 Å². The van der Waals surface area contributed by atoms with Gasteiger partial charge in [-0.2, -0.15) is 0 Å². The maximum absolute atomic E-state index is 12.2. The van der Waals surface area contributed by atoms with Crippen molar-refractivity contribution in [2.24, 2.45) is 10.3 Å². The Bertz CT molecular complexity index is 899. The summed E-state index contributed by atoms with van der Waals surface area (Å²) in [5, 5.41) is 11.5. The second kappa shape index (κ2) is 11.4. The molecule has 0 fully saturated rings. The highest BCUT2D eigenvalue weighted by Crippen LogP contribution is 2.22. The van der Waals surface area contributed by atoms with E-state index >= 15 is 0 Å². The fourth-order valence-corrected chi connectivity index (χ4v) is 2.82. The van der Waals surface area contributed by atoms with E-state index in [-0.39, 0.29) is 18.9 Å². The third kappa shape index (κ3) is 6.19. The quantitative estimate of drug-likeness (QED) is 0.479. The van der Waals surface area contributed by atoms with Crippen molar-refractivity contribution in [3.63, 3.8) is 0 Å². The number of methoxy groups -OCH3 is 1. The molecule has 2 aromatic rings. The molecule has 0 heterocycles. The van der Waals surface area contributed by atoms with Crippen molar-refractivity contribution < 1.29 is 19.2 Å². The Morgan fingerprint density at radius 2 is 1.79 bits per heavy atom. The van der Waals surface area contributed by atoms with Gasteiger partial charge in [0, 0.05) is 40.9 Å². The number of carbonyl (C=O) groups excluding carboxylic acids is 1. The van der Waals surface area contributed by atoms with Crippen LogP contribution in [0.5, 0.6) is 0 Å². The molecule has 7 nitrogen and oxygen atoms in total. The molecule has 0 radical (unpaired) electrons. The lowest BCUT2D eigenvalue weighted by Crippen LogP contribution is -2.29. The molecule has 9 heteroatoms. The van der Waals surface area contributed by atoms with Crippen molar-refractivity contribution in [3.05, 3.63) is 69.2 Å². The van der Waals surface area contributed by atoms with Gasteiger partial charge in [-0.15, -0.1) is 0 Å². The second-order valence-corrected chi connectivity index (χ2v) is 6.56. The lowest BCUT2D eigenvalue weighted by molar-refractivity contribution is -0.114. The molecule has 0 saturated heterocycles. The Labute approximate surface area is 179 Å². The van der Waals surface area contributed by atoms with Gasteiger partial charge < -0.3 is 19.7 Å². The number of nitrogens with one attached hydrogen (secondary N) is 1. The summed E-state index contributed by atoms with van der Waals surface area (Å²) in [6, 6.07) is 12.3. The first-order chi connectivity index (χ1) is 14.0. The van der Waals surface area contributed by atoms with Crippen molar-refractivity contribution in [1.82, 2.24) is 5.32 Å². The van der Waals surface area contributed by atoms with Crippen molar-refractivity contribution in [3.8, 4) is 0 Å². The average molecular weight is 438 g/mol. The predicted molar refractivity (Wildman–Crippen MR) is 114 cm³/mol. The van der Waals surface area contributed by atoms with E-state index in [0.717, 1.165) is 5.56 Å². The van der Waals surface area contributed by atoms with Crippen molar-refractivity contribution in [2.45, 2.75) is 6.61 Å². The molecule has 1 N–H and O–H groups in total. The molecule has 2 rings (SSSR count). The van der Waals surface area contributed by atoms with Gasteiger partial charge in [-0.1, -0.05) is 57.8 Å². The van der Waals surface area contributed by atoms with Crippen molar-refractivity contribution in [1.29, 1.82) is 0 Å². The summed E-state index contributed by atoms with van der Waals surface area (Å²) >= 11 is 12.3. The third-order valence-corrected chi connectivity index (χ3v) is 4.45. The molecule has 1 amide bonds. The van der Waals surface area contributed by atoms with Gasteiger partial charge in [0.15, 0.2) is 5.71 Å². The molecule has 2 aromatic carbocycles. The number of hydrogen-bond donors (Lipinski definition) is 1. The molecule has 0 unspecified atom stereocenters. The number of carbonyl (C=O) groups is 1. The van der Waals surface area contributed by atoms with Crippen molar-refractivity contribution in [2.75, 3.05) is 27.9 Å². The van der Waals surface area contributed by atoms with Crippen LogP contribution in [0.25, 0.3) is 0 Å². The molecule has 0 atom stereocenters. The van der Waals surface area contributed by atoms with Gasteiger partial charge in [-0.3, -0.25) is 4.79 Å². The van der Waals surface area contributed by atoms with Gasteiger partial charge in [0.2, 0.25) is 0 Å². The number of hydrogen-bond acceptors (Lipinski definition) is 6. The van der Waals surface area contributed by atoms with E-state index in [1.807, 2.05) is 12.1 Å². The molecule has 0 bridgehead atoms. The van der Waals surface area contributed by atoms with Crippen LogP contribution in [0.3, 0.4) is 0 Å². The predicted octanol–water partition coefficient (Wildman–Crippen LogP) is 3.66. The SMILES string of the molecule is CNC(=O)/C(=N/OC)c1cccc(Cl)c1CO/N=C(\COC)c1ccc(Cl)cc1. The number of amides is 1. The molecule has 0 aliphatic carbocycles. The zero-order valence-corrected chi connectivity index (χ0v) is 17.8. The maximum Gasteiger partial charge on any atom is 0.273 e. The lowest BCUT2D eigenvalue weighted by Gasteiger charge is -2.12. The maximum atomic E-state index is 12.2. The second-order valence-electron chi connectivity index (χ2n) is 5.72. The Balaban J connectivity index is 2.31. The zero-order chi connectivity index (χ0) is 21.2. The Morgan fingerprint density at radius 1 is 1.07 bits per heavy atom. The number of likely N-dealkylation sites (N-methyl/N-ethyl adjacent to an activating group) is 1. The summed E-state index contributed by atoms with van der Waals surface area (Å²) in [6.45, 7) is 0.251.